The second-order valence-electron chi connectivity index (χ2n) is 4.71. The molecule has 3 nitrogen and oxygen atoms in total. The van der Waals surface area contributed by atoms with Gasteiger partial charge in [0.2, 0.25) is 0 Å². The van der Waals surface area contributed by atoms with Crippen LogP contribution in [0.3, 0.4) is 0 Å². The fourth-order valence-electron chi connectivity index (χ4n) is 2.14. The predicted molar refractivity (Wildman–Crippen MR) is 88.5 cm³/mol. The maximum atomic E-state index is 4.27. The molecule has 0 radical (unpaired) electrons. The van der Waals surface area contributed by atoms with E-state index in [-0.39, 0.29) is 0 Å². The van der Waals surface area contributed by atoms with Gasteiger partial charge in [0.1, 0.15) is 5.52 Å². The summed E-state index contributed by atoms with van der Waals surface area (Å²) >= 11 is 3.49. The molecule has 20 heavy (non-hydrogen) atoms. The van der Waals surface area contributed by atoms with Crippen molar-refractivity contribution in [1.82, 2.24) is 10.2 Å². The van der Waals surface area contributed by atoms with Crippen molar-refractivity contribution >= 4 is 44.2 Å². The Morgan fingerprint density at radius 1 is 1.45 bits per heavy atom. The number of thiophene rings is 2. The lowest BCUT2D eigenvalue weighted by atomic mass is 10.2. The molecule has 0 saturated carbocycles. The van der Waals surface area contributed by atoms with Gasteiger partial charge in [-0.3, -0.25) is 0 Å². The van der Waals surface area contributed by atoms with Gasteiger partial charge in [0, 0.05) is 16.3 Å². The number of aromatic nitrogens is 2. The molecule has 0 aliphatic heterocycles. The second-order valence-corrected chi connectivity index (χ2v) is 6.76. The molecule has 5 heteroatoms. The van der Waals surface area contributed by atoms with Crippen LogP contribution in [0.2, 0.25) is 0 Å². The van der Waals surface area contributed by atoms with E-state index in [0.717, 1.165) is 28.0 Å². The van der Waals surface area contributed by atoms with Crippen molar-refractivity contribution in [1.29, 1.82) is 0 Å². The fraction of sp³-hybridized carbons (Fsp3) is 0.200. The van der Waals surface area contributed by atoms with E-state index in [1.54, 1.807) is 28.9 Å². The normalized spacial score (nSPS) is 10.9. The van der Waals surface area contributed by atoms with E-state index in [0.29, 0.717) is 0 Å². The molecule has 0 aliphatic carbocycles. The van der Waals surface area contributed by atoms with Crippen LogP contribution in [0, 0.1) is 6.92 Å². The average molecular weight is 301 g/mol. The third-order valence-corrected chi connectivity index (χ3v) is 5.48. The lowest BCUT2D eigenvalue weighted by molar-refractivity contribution is 1.06. The number of nitrogens with one attached hydrogen (secondary N) is 1. The first-order valence-electron chi connectivity index (χ1n) is 6.33. The van der Waals surface area contributed by atoms with Crippen molar-refractivity contribution in [3.63, 3.8) is 0 Å². The molecule has 0 bridgehead atoms. The van der Waals surface area contributed by atoms with Crippen molar-refractivity contribution in [3.05, 3.63) is 45.6 Å². The summed E-state index contributed by atoms with van der Waals surface area (Å²) < 4.78 is 1.16. The maximum Gasteiger partial charge on any atom is 0.109 e. The van der Waals surface area contributed by atoms with Crippen LogP contribution in [-0.2, 0) is 6.54 Å². The SMILES string of the molecule is C=C(C)c1sc2c(NCc3cccs3)cnnc2c1C. The van der Waals surface area contributed by atoms with Gasteiger partial charge in [-0.05, 0) is 36.4 Å². The number of allylic oxidation sites excluding steroid dienone is 1. The number of nitrogens with zero attached hydrogens (tertiary/aromatic N) is 2. The summed E-state index contributed by atoms with van der Waals surface area (Å²) in [5, 5.41) is 13.9. The van der Waals surface area contributed by atoms with Gasteiger partial charge >= 0.3 is 0 Å². The lowest BCUT2D eigenvalue weighted by Gasteiger charge is -2.04. The molecule has 0 fully saturated rings. The summed E-state index contributed by atoms with van der Waals surface area (Å²) in [7, 11) is 0. The first-order chi connectivity index (χ1) is 9.66. The van der Waals surface area contributed by atoms with Crippen LogP contribution in [0.25, 0.3) is 15.8 Å². The minimum absolute atomic E-state index is 0.817. The Labute approximate surface area is 126 Å². The summed E-state index contributed by atoms with van der Waals surface area (Å²) in [4.78, 5) is 2.52. The summed E-state index contributed by atoms with van der Waals surface area (Å²) in [6.07, 6.45) is 1.80. The Balaban J connectivity index is 1.98. The molecular formula is C15H15N3S2. The first kappa shape index (κ1) is 13.3. The minimum Gasteiger partial charge on any atom is -0.378 e. The molecule has 102 valence electrons. The van der Waals surface area contributed by atoms with Crippen molar-refractivity contribution < 1.29 is 0 Å². The third-order valence-electron chi connectivity index (χ3n) is 3.12. The number of hydrogen-bond acceptors (Lipinski definition) is 5. The van der Waals surface area contributed by atoms with Crippen LogP contribution >= 0.6 is 22.7 Å². The van der Waals surface area contributed by atoms with Crippen LogP contribution in [0.4, 0.5) is 5.69 Å². The first-order valence-corrected chi connectivity index (χ1v) is 8.03. The largest absolute Gasteiger partial charge is 0.378 e. The highest BCUT2D eigenvalue weighted by atomic mass is 32.1. The van der Waals surface area contributed by atoms with Crippen LogP contribution in [0.15, 0.2) is 30.3 Å². The molecule has 0 saturated heterocycles. The van der Waals surface area contributed by atoms with Gasteiger partial charge in [-0.25, -0.2) is 0 Å². The van der Waals surface area contributed by atoms with Crippen molar-refractivity contribution in [3.8, 4) is 0 Å². The predicted octanol–water partition coefficient (Wildman–Crippen LogP) is 4.71. The topological polar surface area (TPSA) is 37.8 Å². The van der Waals surface area contributed by atoms with Gasteiger partial charge < -0.3 is 5.32 Å². The molecule has 0 amide bonds. The summed E-state index contributed by atoms with van der Waals surface area (Å²) in [5.41, 5.74) is 4.27. The van der Waals surface area contributed by atoms with Gasteiger partial charge in [-0.15, -0.1) is 27.8 Å². The third kappa shape index (κ3) is 2.34. The smallest absolute Gasteiger partial charge is 0.109 e. The Bertz CT molecular complexity index is 757. The highest BCUT2D eigenvalue weighted by Crippen LogP contribution is 2.37. The van der Waals surface area contributed by atoms with Gasteiger partial charge in [0.15, 0.2) is 0 Å². The number of anilines is 1. The number of aryl methyl sites for hydroxylation is 1. The van der Waals surface area contributed by atoms with Gasteiger partial charge in [-0.1, -0.05) is 12.6 Å². The Morgan fingerprint density at radius 3 is 3.00 bits per heavy atom. The van der Waals surface area contributed by atoms with Gasteiger partial charge in [0.25, 0.3) is 0 Å². The molecule has 3 heterocycles. The van der Waals surface area contributed by atoms with Crippen molar-refractivity contribution in [2.45, 2.75) is 20.4 Å². The van der Waals surface area contributed by atoms with Crippen LogP contribution in [0.1, 0.15) is 22.2 Å². The molecule has 1 N–H and O–H groups in total. The molecule has 0 unspecified atom stereocenters. The van der Waals surface area contributed by atoms with Crippen LogP contribution in [0.5, 0.6) is 0 Å². The molecule has 0 atom stereocenters. The van der Waals surface area contributed by atoms with E-state index in [9.17, 15) is 0 Å². The van der Waals surface area contributed by atoms with E-state index in [1.807, 2.05) is 6.92 Å². The average Bonchev–Trinajstić information content (AvgIpc) is 3.05. The molecule has 0 aliphatic rings. The Morgan fingerprint density at radius 2 is 2.30 bits per heavy atom. The van der Waals surface area contributed by atoms with E-state index >= 15 is 0 Å². The standard InChI is InChI=1S/C15H15N3S2/c1-9(2)14-10(3)13-15(20-14)12(8-17-18-13)16-7-11-5-4-6-19-11/h4-6,8H,1,7H2,2-3H3,(H,16,18). The number of hydrogen-bond donors (Lipinski definition) is 1. The lowest BCUT2D eigenvalue weighted by Crippen LogP contribution is -1.98. The van der Waals surface area contributed by atoms with E-state index < -0.39 is 0 Å². The van der Waals surface area contributed by atoms with Crippen molar-refractivity contribution in [2.75, 3.05) is 5.32 Å². The Hall–Kier alpha value is -1.72. The highest BCUT2D eigenvalue weighted by Gasteiger charge is 2.13. The zero-order valence-corrected chi connectivity index (χ0v) is 13.1. The molecular weight excluding hydrogens is 286 g/mol. The van der Waals surface area contributed by atoms with Gasteiger partial charge in [0.05, 0.1) is 16.6 Å². The minimum atomic E-state index is 0.817. The Kier molecular flexibility index (Phi) is 3.54. The molecule has 3 aromatic heterocycles. The summed E-state index contributed by atoms with van der Waals surface area (Å²) in [6.45, 7) is 8.97. The monoisotopic (exact) mass is 301 g/mol. The van der Waals surface area contributed by atoms with Crippen LogP contribution < -0.4 is 5.32 Å². The van der Waals surface area contributed by atoms with Gasteiger partial charge in [-0.2, -0.15) is 5.10 Å². The zero-order chi connectivity index (χ0) is 14.1. The summed E-state index contributed by atoms with van der Waals surface area (Å²) in [6, 6.07) is 4.19. The quantitative estimate of drug-likeness (QED) is 0.758. The molecule has 0 spiro atoms. The fourth-order valence-corrected chi connectivity index (χ4v) is 3.94. The number of fused-ring (bicyclic) bond motifs is 1. The molecule has 0 aromatic carbocycles. The second kappa shape index (κ2) is 5.34. The number of rotatable bonds is 4. The highest BCUT2D eigenvalue weighted by molar-refractivity contribution is 7.20. The molecule has 3 aromatic rings. The molecule has 3 rings (SSSR count). The zero-order valence-electron chi connectivity index (χ0n) is 11.4. The van der Waals surface area contributed by atoms with E-state index in [4.69, 9.17) is 0 Å². The summed E-state index contributed by atoms with van der Waals surface area (Å²) in [5.74, 6) is 0. The van der Waals surface area contributed by atoms with Crippen molar-refractivity contribution in [2.24, 2.45) is 0 Å². The van der Waals surface area contributed by atoms with E-state index in [1.165, 1.54) is 15.3 Å². The van der Waals surface area contributed by atoms with E-state index in [2.05, 4.69) is 46.5 Å². The van der Waals surface area contributed by atoms with Crippen LogP contribution in [-0.4, -0.2) is 10.2 Å². The maximum absolute atomic E-state index is 4.27.